The van der Waals surface area contributed by atoms with Gasteiger partial charge in [0, 0.05) is 17.8 Å². The maximum atomic E-state index is 11.6. The lowest BCUT2D eigenvalue weighted by Crippen LogP contribution is -2.29. The topological polar surface area (TPSA) is 64.8 Å². The van der Waals surface area contributed by atoms with E-state index < -0.39 is 9.84 Å². The van der Waals surface area contributed by atoms with Crippen LogP contribution in [0.2, 0.25) is 0 Å². The van der Waals surface area contributed by atoms with Gasteiger partial charge in [-0.2, -0.15) is 0 Å². The lowest BCUT2D eigenvalue weighted by atomic mass is 9.95. The summed E-state index contributed by atoms with van der Waals surface area (Å²) < 4.78 is 25.0. The molecule has 17 heavy (non-hydrogen) atoms. The Bertz CT molecular complexity index is 485. The summed E-state index contributed by atoms with van der Waals surface area (Å²) in [6.45, 7) is 0. The van der Waals surface area contributed by atoms with E-state index in [1.54, 1.807) is 0 Å². The fourth-order valence-electron chi connectivity index (χ4n) is 2.30. The quantitative estimate of drug-likeness (QED) is 0.795. The van der Waals surface area contributed by atoms with Crippen molar-refractivity contribution in [2.45, 2.75) is 42.3 Å². The van der Waals surface area contributed by atoms with E-state index in [1.807, 2.05) is 10.9 Å². The predicted molar refractivity (Wildman–Crippen MR) is 68.8 cm³/mol. The first kappa shape index (κ1) is 13.0. The normalized spacial score (nSPS) is 26.0. The van der Waals surface area contributed by atoms with E-state index in [0.29, 0.717) is 11.8 Å². The summed E-state index contributed by atoms with van der Waals surface area (Å²) in [5.41, 5.74) is 0.881. The van der Waals surface area contributed by atoms with E-state index in [0.717, 1.165) is 25.0 Å². The third-order valence-electron chi connectivity index (χ3n) is 3.27. The van der Waals surface area contributed by atoms with E-state index in [-0.39, 0.29) is 11.3 Å². The number of aromatic nitrogens is 3. The Labute approximate surface area is 110 Å². The molecule has 1 saturated carbocycles. The van der Waals surface area contributed by atoms with Crippen LogP contribution in [0.15, 0.2) is 6.20 Å². The molecule has 7 heteroatoms. The van der Waals surface area contributed by atoms with Crippen LogP contribution in [-0.2, 0) is 15.2 Å². The van der Waals surface area contributed by atoms with Crippen molar-refractivity contribution in [2.75, 3.05) is 6.26 Å². The van der Waals surface area contributed by atoms with Gasteiger partial charge in [-0.15, -0.1) is 5.10 Å². The van der Waals surface area contributed by atoms with Crippen molar-refractivity contribution in [3.63, 3.8) is 0 Å². The Hall–Kier alpha value is -0.430. The van der Waals surface area contributed by atoms with E-state index in [1.165, 1.54) is 6.26 Å². The highest BCUT2D eigenvalue weighted by Gasteiger charge is 2.30. The maximum Gasteiger partial charge on any atom is 0.150 e. The zero-order valence-corrected chi connectivity index (χ0v) is 12.1. The lowest BCUT2D eigenvalue weighted by molar-refractivity contribution is 0.324. The second kappa shape index (κ2) is 5.06. The van der Waals surface area contributed by atoms with Crippen molar-refractivity contribution in [3.05, 3.63) is 11.9 Å². The molecule has 96 valence electrons. The van der Waals surface area contributed by atoms with Gasteiger partial charge in [0.1, 0.15) is 9.84 Å². The number of nitrogens with zero attached hydrogens (tertiary/aromatic N) is 3. The molecule has 0 spiro atoms. The van der Waals surface area contributed by atoms with Crippen LogP contribution in [0.5, 0.6) is 0 Å². The Balaban J connectivity index is 2.12. The minimum Gasteiger partial charge on any atom is -0.249 e. The van der Waals surface area contributed by atoms with Gasteiger partial charge in [0.15, 0.2) is 0 Å². The van der Waals surface area contributed by atoms with Crippen molar-refractivity contribution in [1.82, 2.24) is 15.0 Å². The summed E-state index contributed by atoms with van der Waals surface area (Å²) in [6.07, 6.45) is 6.57. The summed E-state index contributed by atoms with van der Waals surface area (Å²) in [6, 6.07) is 0.170. The van der Waals surface area contributed by atoms with Gasteiger partial charge in [0.25, 0.3) is 0 Å². The van der Waals surface area contributed by atoms with Gasteiger partial charge >= 0.3 is 0 Å². The van der Waals surface area contributed by atoms with Crippen molar-refractivity contribution < 1.29 is 8.42 Å². The molecule has 2 atom stereocenters. The molecule has 0 saturated heterocycles. The molecule has 1 heterocycles. The molecule has 0 bridgehead atoms. The molecule has 0 N–H and O–H groups in total. The number of sulfone groups is 1. The van der Waals surface area contributed by atoms with Crippen LogP contribution in [0.1, 0.15) is 37.4 Å². The van der Waals surface area contributed by atoms with E-state index in [4.69, 9.17) is 0 Å². The first-order valence-electron chi connectivity index (χ1n) is 5.66. The van der Waals surface area contributed by atoms with E-state index in [2.05, 4.69) is 26.2 Å². The maximum absolute atomic E-state index is 11.6. The molecule has 1 aromatic rings. The van der Waals surface area contributed by atoms with Crippen LogP contribution in [-0.4, -0.2) is 34.9 Å². The van der Waals surface area contributed by atoms with Gasteiger partial charge < -0.3 is 0 Å². The molecule has 2 unspecified atom stereocenters. The highest BCUT2D eigenvalue weighted by atomic mass is 79.9. The number of halogens is 1. The standard InChI is InChI=1S/C10H16BrN3O2S/c1-17(15,16)10-4-2-3-9(5-10)14-7-8(6-11)12-13-14/h7,9-10H,2-6H2,1H3. The molecular formula is C10H16BrN3O2S. The average molecular weight is 322 g/mol. The summed E-state index contributed by atoms with van der Waals surface area (Å²) in [4.78, 5) is 0. The van der Waals surface area contributed by atoms with E-state index in [9.17, 15) is 8.42 Å². The van der Waals surface area contributed by atoms with Crippen LogP contribution in [0.4, 0.5) is 0 Å². The molecule has 1 aliphatic carbocycles. The molecule has 0 amide bonds. The van der Waals surface area contributed by atoms with Crippen LogP contribution in [0.25, 0.3) is 0 Å². The summed E-state index contributed by atoms with van der Waals surface area (Å²) in [7, 11) is -2.94. The number of alkyl halides is 1. The Morgan fingerprint density at radius 3 is 2.88 bits per heavy atom. The third-order valence-corrected chi connectivity index (χ3v) is 5.49. The largest absolute Gasteiger partial charge is 0.249 e. The van der Waals surface area contributed by atoms with Gasteiger partial charge in [0.2, 0.25) is 0 Å². The van der Waals surface area contributed by atoms with Gasteiger partial charge in [-0.1, -0.05) is 27.6 Å². The fraction of sp³-hybridized carbons (Fsp3) is 0.800. The third kappa shape index (κ3) is 3.07. The zero-order valence-electron chi connectivity index (χ0n) is 9.71. The number of rotatable bonds is 3. The first-order valence-corrected chi connectivity index (χ1v) is 8.74. The molecule has 2 rings (SSSR count). The van der Waals surface area contributed by atoms with Crippen molar-refractivity contribution in [3.8, 4) is 0 Å². The van der Waals surface area contributed by atoms with Gasteiger partial charge in [0.05, 0.1) is 17.0 Å². The molecule has 1 aliphatic rings. The Kier molecular flexibility index (Phi) is 3.87. The molecule has 5 nitrogen and oxygen atoms in total. The summed E-state index contributed by atoms with van der Waals surface area (Å²) in [5.74, 6) is 0. The average Bonchev–Trinajstić information content (AvgIpc) is 2.76. The number of hydrogen-bond acceptors (Lipinski definition) is 4. The molecule has 0 aliphatic heterocycles. The van der Waals surface area contributed by atoms with Gasteiger partial charge in [-0.05, 0) is 19.3 Å². The SMILES string of the molecule is CS(=O)(=O)C1CCCC(n2cc(CBr)nn2)C1. The first-order chi connectivity index (χ1) is 8.00. The van der Waals surface area contributed by atoms with Gasteiger partial charge in [-0.3, -0.25) is 0 Å². The molecule has 1 fully saturated rings. The smallest absolute Gasteiger partial charge is 0.150 e. The van der Waals surface area contributed by atoms with Gasteiger partial charge in [-0.25, -0.2) is 13.1 Å². The second-order valence-corrected chi connectivity index (χ2v) is 7.48. The Morgan fingerprint density at radius 1 is 1.53 bits per heavy atom. The molecule has 0 radical (unpaired) electrons. The lowest BCUT2D eigenvalue weighted by Gasteiger charge is -2.27. The monoisotopic (exact) mass is 321 g/mol. The molecule has 0 aromatic carbocycles. The predicted octanol–water partition coefficient (Wildman–Crippen LogP) is 1.70. The minimum absolute atomic E-state index is 0.170. The van der Waals surface area contributed by atoms with E-state index >= 15 is 0 Å². The molecular weight excluding hydrogens is 306 g/mol. The van der Waals surface area contributed by atoms with Crippen molar-refractivity contribution in [2.24, 2.45) is 0 Å². The zero-order chi connectivity index (χ0) is 12.5. The van der Waals surface area contributed by atoms with Crippen LogP contribution < -0.4 is 0 Å². The van der Waals surface area contributed by atoms with Crippen LogP contribution in [0.3, 0.4) is 0 Å². The number of hydrogen-bond donors (Lipinski definition) is 0. The fourth-order valence-corrected chi connectivity index (χ4v) is 3.73. The Morgan fingerprint density at radius 2 is 2.29 bits per heavy atom. The van der Waals surface area contributed by atoms with Crippen LogP contribution >= 0.6 is 15.9 Å². The second-order valence-electron chi connectivity index (χ2n) is 4.60. The summed E-state index contributed by atoms with van der Waals surface area (Å²) in [5, 5.41) is 8.53. The highest BCUT2D eigenvalue weighted by molar-refractivity contribution is 9.08. The van der Waals surface area contributed by atoms with Crippen LogP contribution in [0, 0.1) is 0 Å². The van der Waals surface area contributed by atoms with Crippen molar-refractivity contribution >= 4 is 25.8 Å². The summed E-state index contributed by atoms with van der Waals surface area (Å²) >= 11 is 3.33. The molecule has 1 aromatic heterocycles. The minimum atomic E-state index is -2.94. The highest BCUT2D eigenvalue weighted by Crippen LogP contribution is 2.31. The van der Waals surface area contributed by atoms with Crippen molar-refractivity contribution in [1.29, 1.82) is 0 Å².